The number of rotatable bonds is 5. The van der Waals surface area contributed by atoms with Gasteiger partial charge >= 0.3 is 0 Å². The highest BCUT2D eigenvalue weighted by molar-refractivity contribution is 9.10. The first-order chi connectivity index (χ1) is 8.74. The highest BCUT2D eigenvalue weighted by Crippen LogP contribution is 2.28. The molecule has 18 heavy (non-hydrogen) atoms. The Morgan fingerprint density at radius 3 is 2.89 bits per heavy atom. The smallest absolute Gasteiger partial charge is 0.133 e. The van der Waals surface area contributed by atoms with Crippen LogP contribution in [0, 0.1) is 0 Å². The molecule has 96 valence electrons. The van der Waals surface area contributed by atoms with Gasteiger partial charge in [0.05, 0.1) is 22.7 Å². The van der Waals surface area contributed by atoms with Crippen LogP contribution in [0.15, 0.2) is 28.9 Å². The van der Waals surface area contributed by atoms with Gasteiger partial charge in [0.25, 0.3) is 0 Å². The van der Waals surface area contributed by atoms with Gasteiger partial charge in [-0.15, -0.1) is 5.10 Å². The van der Waals surface area contributed by atoms with Gasteiger partial charge < -0.3 is 10.1 Å². The molecule has 0 spiro atoms. The zero-order chi connectivity index (χ0) is 13.0. The van der Waals surface area contributed by atoms with Gasteiger partial charge in [0, 0.05) is 6.04 Å². The molecule has 4 nitrogen and oxygen atoms in total. The maximum atomic E-state index is 5.22. The van der Waals surface area contributed by atoms with Crippen molar-refractivity contribution in [3.05, 3.63) is 39.3 Å². The molecule has 0 amide bonds. The molecule has 0 aliphatic heterocycles. The summed E-state index contributed by atoms with van der Waals surface area (Å²) in [6.45, 7) is 0. The number of aromatic nitrogens is 2. The summed E-state index contributed by atoms with van der Waals surface area (Å²) in [5.41, 5.74) is 1.23. The molecule has 1 atom stereocenters. The van der Waals surface area contributed by atoms with Crippen LogP contribution in [0.25, 0.3) is 0 Å². The lowest BCUT2D eigenvalue weighted by molar-refractivity contribution is 0.412. The zero-order valence-electron chi connectivity index (χ0n) is 10.2. The fourth-order valence-electron chi connectivity index (χ4n) is 1.75. The molecule has 6 heteroatoms. The largest absolute Gasteiger partial charge is 0.496 e. The lowest BCUT2D eigenvalue weighted by Crippen LogP contribution is -2.17. The molecular formula is C12H14BrN3OS. The molecule has 0 aliphatic rings. The predicted molar refractivity (Wildman–Crippen MR) is 76.1 cm³/mol. The standard InChI is InChI=1S/C12H14BrN3OS/c1-14-10(12-7-15-16-18-12)6-8-3-4-11(17-2)9(13)5-8/h3-5,7,10,14H,6H2,1-2H3. The summed E-state index contributed by atoms with van der Waals surface area (Å²) < 4.78 is 10.1. The summed E-state index contributed by atoms with van der Waals surface area (Å²) in [6.07, 6.45) is 2.70. The van der Waals surface area contributed by atoms with Crippen LogP contribution in [-0.2, 0) is 6.42 Å². The molecule has 0 bridgehead atoms. The normalized spacial score (nSPS) is 12.4. The first kappa shape index (κ1) is 13.5. The van der Waals surface area contributed by atoms with Crippen molar-refractivity contribution in [2.24, 2.45) is 0 Å². The van der Waals surface area contributed by atoms with Gasteiger partial charge in [0.2, 0.25) is 0 Å². The Hall–Kier alpha value is -0.980. The lowest BCUT2D eigenvalue weighted by Gasteiger charge is -2.14. The Bertz CT molecular complexity index is 504. The highest BCUT2D eigenvalue weighted by Gasteiger charge is 2.13. The van der Waals surface area contributed by atoms with E-state index in [0.717, 1.165) is 21.5 Å². The third-order valence-electron chi connectivity index (χ3n) is 2.73. The van der Waals surface area contributed by atoms with E-state index < -0.39 is 0 Å². The zero-order valence-corrected chi connectivity index (χ0v) is 12.6. The van der Waals surface area contributed by atoms with Crippen LogP contribution < -0.4 is 10.1 Å². The van der Waals surface area contributed by atoms with Crippen LogP contribution in [0.5, 0.6) is 5.75 Å². The Kier molecular flexibility index (Phi) is 4.68. The van der Waals surface area contributed by atoms with E-state index in [9.17, 15) is 0 Å². The van der Waals surface area contributed by atoms with Crippen LogP contribution in [0.2, 0.25) is 0 Å². The first-order valence-corrected chi connectivity index (χ1v) is 7.08. The third-order valence-corrected chi connectivity index (χ3v) is 4.12. The molecule has 1 aromatic heterocycles. The van der Waals surface area contributed by atoms with E-state index in [4.69, 9.17) is 4.74 Å². The molecule has 0 aliphatic carbocycles. The van der Waals surface area contributed by atoms with Gasteiger partial charge in [-0.25, -0.2) is 0 Å². The van der Waals surface area contributed by atoms with Crippen molar-refractivity contribution < 1.29 is 4.74 Å². The van der Waals surface area contributed by atoms with Crippen LogP contribution in [0.4, 0.5) is 0 Å². The molecule has 0 fully saturated rings. The van der Waals surface area contributed by atoms with Gasteiger partial charge in [-0.05, 0) is 58.6 Å². The molecule has 2 aromatic rings. The number of hydrogen-bond donors (Lipinski definition) is 1. The van der Waals surface area contributed by atoms with Gasteiger partial charge in [-0.1, -0.05) is 10.6 Å². The number of nitrogens with one attached hydrogen (secondary N) is 1. The number of methoxy groups -OCH3 is 1. The molecule has 1 unspecified atom stereocenters. The summed E-state index contributed by atoms with van der Waals surface area (Å²) >= 11 is 4.93. The summed E-state index contributed by atoms with van der Waals surface area (Å²) in [5.74, 6) is 0.846. The Balaban J connectivity index is 2.15. The average molecular weight is 328 g/mol. The van der Waals surface area contributed by atoms with E-state index >= 15 is 0 Å². The van der Waals surface area contributed by atoms with E-state index in [0.29, 0.717) is 0 Å². The second kappa shape index (κ2) is 6.26. The van der Waals surface area contributed by atoms with Crippen LogP contribution in [-0.4, -0.2) is 23.7 Å². The van der Waals surface area contributed by atoms with Crippen molar-refractivity contribution in [2.45, 2.75) is 12.5 Å². The van der Waals surface area contributed by atoms with E-state index in [1.165, 1.54) is 17.1 Å². The SMILES string of the molecule is CNC(Cc1ccc(OC)c(Br)c1)c1cnns1. The number of ether oxygens (including phenoxy) is 1. The third kappa shape index (κ3) is 3.07. The van der Waals surface area contributed by atoms with Crippen molar-refractivity contribution in [1.29, 1.82) is 0 Å². The van der Waals surface area contributed by atoms with Crippen molar-refractivity contribution >= 4 is 27.5 Å². The molecule has 2 rings (SSSR count). The fourth-order valence-corrected chi connectivity index (χ4v) is 2.95. The Morgan fingerprint density at radius 1 is 1.50 bits per heavy atom. The fraction of sp³-hybridized carbons (Fsp3) is 0.333. The second-order valence-corrected chi connectivity index (χ2v) is 5.51. The van der Waals surface area contributed by atoms with E-state index in [-0.39, 0.29) is 6.04 Å². The monoisotopic (exact) mass is 327 g/mol. The van der Waals surface area contributed by atoms with E-state index in [1.807, 2.05) is 19.3 Å². The number of likely N-dealkylation sites (N-methyl/N-ethyl adjacent to an activating group) is 1. The van der Waals surface area contributed by atoms with Gasteiger partial charge in [0.1, 0.15) is 5.75 Å². The highest BCUT2D eigenvalue weighted by atomic mass is 79.9. The van der Waals surface area contributed by atoms with Gasteiger partial charge in [0.15, 0.2) is 0 Å². The number of benzene rings is 1. The van der Waals surface area contributed by atoms with E-state index in [2.05, 4.69) is 43.0 Å². The Morgan fingerprint density at radius 2 is 2.33 bits per heavy atom. The molecular weight excluding hydrogens is 314 g/mol. The van der Waals surface area contributed by atoms with Gasteiger partial charge in [-0.2, -0.15) is 0 Å². The van der Waals surface area contributed by atoms with Crippen molar-refractivity contribution in [2.75, 3.05) is 14.2 Å². The second-order valence-electron chi connectivity index (χ2n) is 3.83. The molecule has 1 N–H and O–H groups in total. The first-order valence-electron chi connectivity index (χ1n) is 5.51. The lowest BCUT2D eigenvalue weighted by atomic mass is 10.1. The molecule has 1 aromatic carbocycles. The topological polar surface area (TPSA) is 47.0 Å². The summed E-state index contributed by atoms with van der Waals surface area (Å²) in [5, 5.41) is 7.16. The Labute approximate surface area is 119 Å². The molecule has 0 saturated carbocycles. The van der Waals surface area contributed by atoms with E-state index in [1.54, 1.807) is 7.11 Å². The molecule has 0 saturated heterocycles. The van der Waals surface area contributed by atoms with Crippen molar-refractivity contribution in [3.8, 4) is 5.75 Å². The minimum Gasteiger partial charge on any atom is -0.496 e. The summed E-state index contributed by atoms with van der Waals surface area (Å²) in [6, 6.07) is 6.36. The minimum atomic E-state index is 0.241. The minimum absolute atomic E-state index is 0.241. The maximum Gasteiger partial charge on any atom is 0.133 e. The van der Waals surface area contributed by atoms with Crippen molar-refractivity contribution in [3.63, 3.8) is 0 Å². The molecule has 1 heterocycles. The number of nitrogens with zero attached hydrogens (tertiary/aromatic N) is 2. The van der Waals surface area contributed by atoms with Gasteiger partial charge in [-0.3, -0.25) is 0 Å². The molecule has 0 radical (unpaired) electrons. The van der Waals surface area contributed by atoms with Crippen LogP contribution >= 0.6 is 27.5 Å². The van der Waals surface area contributed by atoms with Crippen LogP contribution in [0.3, 0.4) is 0 Å². The van der Waals surface area contributed by atoms with Crippen LogP contribution in [0.1, 0.15) is 16.5 Å². The maximum absolute atomic E-state index is 5.22. The van der Waals surface area contributed by atoms with Crippen molar-refractivity contribution in [1.82, 2.24) is 14.9 Å². The quantitative estimate of drug-likeness (QED) is 0.917. The summed E-state index contributed by atoms with van der Waals surface area (Å²) in [4.78, 5) is 1.14. The number of hydrogen-bond acceptors (Lipinski definition) is 5. The number of halogens is 1. The predicted octanol–water partition coefficient (Wildman–Crippen LogP) is 2.81. The average Bonchev–Trinajstić information content (AvgIpc) is 2.90. The summed E-state index contributed by atoms with van der Waals surface area (Å²) in [7, 11) is 3.61.